The Morgan fingerprint density at radius 2 is 1.81 bits per heavy atom. The number of unbranched alkanes of at least 4 members (excludes halogenated alkanes) is 2. The van der Waals surface area contributed by atoms with Crippen LogP contribution < -0.4 is 0 Å². The fourth-order valence-electron chi connectivity index (χ4n) is 1.11. The molecule has 0 aromatic carbocycles. The smallest absolute Gasteiger partial charge is 0.308 e. The van der Waals surface area contributed by atoms with Gasteiger partial charge in [0.25, 0.3) is 0 Å². The number of carbonyl (C=O) groups is 1. The monoisotopic (exact) mass is 232 g/mol. The van der Waals surface area contributed by atoms with Crippen molar-refractivity contribution in [3.05, 3.63) is 0 Å². The summed E-state index contributed by atoms with van der Waals surface area (Å²) in [5.74, 6) is -0.347. The Kier molecular flexibility index (Phi) is 10.5. The van der Waals surface area contributed by atoms with E-state index in [0.29, 0.717) is 13.2 Å². The van der Waals surface area contributed by atoms with Crippen LogP contribution in [0.15, 0.2) is 0 Å². The van der Waals surface area contributed by atoms with Crippen LogP contribution in [-0.4, -0.2) is 37.0 Å². The van der Waals surface area contributed by atoms with Crippen molar-refractivity contribution in [3.8, 4) is 0 Å². The SMILES string of the molecule is CCCCOCC(O)CC(=O)OCCCC. The molecule has 0 saturated heterocycles. The van der Waals surface area contributed by atoms with Gasteiger partial charge in [-0.3, -0.25) is 4.79 Å². The van der Waals surface area contributed by atoms with Crippen molar-refractivity contribution >= 4 is 5.97 Å². The summed E-state index contributed by atoms with van der Waals surface area (Å²) >= 11 is 0. The molecule has 0 aliphatic carbocycles. The second kappa shape index (κ2) is 10.9. The van der Waals surface area contributed by atoms with Gasteiger partial charge < -0.3 is 14.6 Å². The van der Waals surface area contributed by atoms with Gasteiger partial charge in [0.15, 0.2) is 0 Å². The van der Waals surface area contributed by atoms with Gasteiger partial charge in [-0.2, -0.15) is 0 Å². The van der Waals surface area contributed by atoms with Crippen molar-refractivity contribution in [1.82, 2.24) is 0 Å². The summed E-state index contributed by atoms with van der Waals surface area (Å²) in [4.78, 5) is 11.2. The van der Waals surface area contributed by atoms with Crippen molar-refractivity contribution in [2.24, 2.45) is 0 Å². The minimum absolute atomic E-state index is 0.0237. The largest absolute Gasteiger partial charge is 0.466 e. The molecule has 0 amide bonds. The number of hydrogen-bond donors (Lipinski definition) is 1. The van der Waals surface area contributed by atoms with Crippen LogP contribution in [0.3, 0.4) is 0 Å². The highest BCUT2D eigenvalue weighted by molar-refractivity contribution is 5.69. The van der Waals surface area contributed by atoms with Crippen LogP contribution in [0.1, 0.15) is 46.0 Å². The van der Waals surface area contributed by atoms with Crippen LogP contribution in [0.4, 0.5) is 0 Å². The first-order valence-corrected chi connectivity index (χ1v) is 6.12. The minimum atomic E-state index is -0.744. The molecular weight excluding hydrogens is 208 g/mol. The Bertz CT molecular complexity index is 170. The summed E-state index contributed by atoms with van der Waals surface area (Å²) in [6.07, 6.45) is 3.19. The molecule has 4 nitrogen and oxygen atoms in total. The van der Waals surface area contributed by atoms with Crippen LogP contribution in [0.5, 0.6) is 0 Å². The highest BCUT2D eigenvalue weighted by Gasteiger charge is 2.11. The maximum Gasteiger partial charge on any atom is 0.308 e. The molecule has 1 N–H and O–H groups in total. The lowest BCUT2D eigenvalue weighted by molar-refractivity contribution is -0.146. The first-order chi connectivity index (χ1) is 7.70. The fraction of sp³-hybridized carbons (Fsp3) is 0.917. The third-order valence-corrected chi connectivity index (χ3v) is 2.12. The predicted octanol–water partition coefficient (Wildman–Crippen LogP) is 1.90. The van der Waals surface area contributed by atoms with Gasteiger partial charge in [0.2, 0.25) is 0 Å². The molecule has 0 saturated carbocycles. The predicted molar refractivity (Wildman–Crippen MR) is 62.2 cm³/mol. The Morgan fingerprint density at radius 3 is 2.44 bits per heavy atom. The lowest BCUT2D eigenvalue weighted by Crippen LogP contribution is -2.21. The van der Waals surface area contributed by atoms with E-state index in [2.05, 4.69) is 6.92 Å². The number of aliphatic hydroxyl groups is 1. The number of ether oxygens (including phenoxy) is 2. The van der Waals surface area contributed by atoms with Gasteiger partial charge in [0, 0.05) is 6.61 Å². The summed E-state index contributed by atoms with van der Waals surface area (Å²) in [5.41, 5.74) is 0. The highest BCUT2D eigenvalue weighted by atomic mass is 16.5. The lowest BCUT2D eigenvalue weighted by atomic mass is 10.2. The van der Waals surface area contributed by atoms with E-state index in [1.54, 1.807) is 0 Å². The molecule has 0 aromatic rings. The fourth-order valence-corrected chi connectivity index (χ4v) is 1.11. The van der Waals surface area contributed by atoms with E-state index in [1.165, 1.54) is 0 Å². The summed E-state index contributed by atoms with van der Waals surface area (Å²) in [7, 11) is 0. The van der Waals surface area contributed by atoms with Gasteiger partial charge in [-0.1, -0.05) is 26.7 Å². The maximum absolute atomic E-state index is 11.2. The molecule has 16 heavy (non-hydrogen) atoms. The van der Waals surface area contributed by atoms with Crippen molar-refractivity contribution < 1.29 is 19.4 Å². The molecule has 0 fully saturated rings. The molecule has 0 bridgehead atoms. The number of aliphatic hydroxyl groups excluding tert-OH is 1. The Labute approximate surface area is 97.9 Å². The average molecular weight is 232 g/mol. The van der Waals surface area contributed by atoms with Gasteiger partial charge in [0.1, 0.15) is 0 Å². The van der Waals surface area contributed by atoms with E-state index in [4.69, 9.17) is 9.47 Å². The second-order valence-electron chi connectivity index (χ2n) is 3.86. The van der Waals surface area contributed by atoms with Gasteiger partial charge >= 0.3 is 5.97 Å². The number of carbonyl (C=O) groups excluding carboxylic acids is 1. The van der Waals surface area contributed by atoms with Gasteiger partial charge in [-0.15, -0.1) is 0 Å². The van der Waals surface area contributed by atoms with Crippen molar-refractivity contribution in [3.63, 3.8) is 0 Å². The molecule has 4 heteroatoms. The standard InChI is InChI=1S/C12H24O4/c1-3-5-7-15-10-11(13)9-12(14)16-8-6-4-2/h11,13H,3-10H2,1-2H3. The Balaban J connectivity index is 3.39. The average Bonchev–Trinajstić information content (AvgIpc) is 2.25. The van der Waals surface area contributed by atoms with Crippen molar-refractivity contribution in [2.45, 2.75) is 52.1 Å². The Morgan fingerprint density at radius 1 is 1.19 bits per heavy atom. The molecule has 96 valence electrons. The molecule has 0 aliphatic heterocycles. The zero-order chi connectivity index (χ0) is 12.2. The molecule has 0 aliphatic rings. The number of rotatable bonds is 10. The topological polar surface area (TPSA) is 55.8 Å². The van der Waals surface area contributed by atoms with Crippen molar-refractivity contribution in [2.75, 3.05) is 19.8 Å². The zero-order valence-corrected chi connectivity index (χ0v) is 10.4. The van der Waals surface area contributed by atoms with E-state index in [0.717, 1.165) is 25.7 Å². The molecule has 1 atom stereocenters. The van der Waals surface area contributed by atoms with Crippen LogP contribution in [0, 0.1) is 0 Å². The minimum Gasteiger partial charge on any atom is -0.466 e. The molecule has 0 radical (unpaired) electrons. The van der Waals surface area contributed by atoms with Gasteiger partial charge in [0.05, 0.1) is 25.7 Å². The first-order valence-electron chi connectivity index (χ1n) is 6.12. The molecule has 0 heterocycles. The maximum atomic E-state index is 11.2. The van der Waals surface area contributed by atoms with Crippen LogP contribution in [0.2, 0.25) is 0 Å². The molecule has 0 spiro atoms. The van der Waals surface area contributed by atoms with E-state index >= 15 is 0 Å². The third-order valence-electron chi connectivity index (χ3n) is 2.12. The normalized spacial score (nSPS) is 12.4. The Hall–Kier alpha value is -0.610. The van der Waals surface area contributed by atoms with Gasteiger partial charge in [-0.05, 0) is 12.8 Å². The molecular formula is C12H24O4. The van der Waals surface area contributed by atoms with Crippen LogP contribution in [-0.2, 0) is 14.3 Å². The molecule has 1 unspecified atom stereocenters. The van der Waals surface area contributed by atoms with E-state index in [-0.39, 0.29) is 19.0 Å². The summed E-state index contributed by atoms with van der Waals surface area (Å²) < 4.78 is 10.1. The summed E-state index contributed by atoms with van der Waals surface area (Å²) in [6, 6.07) is 0. The van der Waals surface area contributed by atoms with Crippen LogP contribution in [0.25, 0.3) is 0 Å². The third kappa shape index (κ3) is 9.93. The van der Waals surface area contributed by atoms with Gasteiger partial charge in [-0.25, -0.2) is 0 Å². The number of hydrogen-bond acceptors (Lipinski definition) is 4. The second-order valence-corrected chi connectivity index (χ2v) is 3.86. The van der Waals surface area contributed by atoms with E-state index in [9.17, 15) is 9.90 Å². The number of esters is 1. The van der Waals surface area contributed by atoms with E-state index in [1.807, 2.05) is 6.92 Å². The summed E-state index contributed by atoms with van der Waals surface area (Å²) in [5, 5.41) is 9.45. The molecule has 0 rings (SSSR count). The van der Waals surface area contributed by atoms with E-state index < -0.39 is 6.10 Å². The lowest BCUT2D eigenvalue weighted by Gasteiger charge is -2.10. The van der Waals surface area contributed by atoms with Crippen LogP contribution >= 0.6 is 0 Å². The summed E-state index contributed by atoms with van der Waals surface area (Å²) in [6.45, 7) is 5.40. The quantitative estimate of drug-likeness (QED) is 0.461. The van der Waals surface area contributed by atoms with Crippen molar-refractivity contribution in [1.29, 1.82) is 0 Å². The molecule has 0 aromatic heterocycles. The highest BCUT2D eigenvalue weighted by Crippen LogP contribution is 1.98. The first kappa shape index (κ1) is 15.4. The zero-order valence-electron chi connectivity index (χ0n) is 10.4.